The van der Waals surface area contributed by atoms with Crippen LogP contribution in [0.4, 0.5) is 0 Å². The smallest absolute Gasteiger partial charge is 0.220 e. The number of aliphatic imine (C=N–C) groups is 1. The summed E-state index contributed by atoms with van der Waals surface area (Å²) in [6.45, 7) is 3.67. The van der Waals surface area contributed by atoms with Crippen LogP contribution in [0, 0.1) is 6.92 Å². The molecule has 1 saturated heterocycles. The zero-order valence-electron chi connectivity index (χ0n) is 17.2. The maximum Gasteiger partial charge on any atom is 0.220 e. The highest BCUT2D eigenvalue weighted by Crippen LogP contribution is 2.11. The van der Waals surface area contributed by atoms with Crippen molar-refractivity contribution in [3.63, 3.8) is 0 Å². The number of hydrogen-bond acceptors (Lipinski definition) is 5. The molecule has 1 aliphatic rings. The van der Waals surface area contributed by atoms with Gasteiger partial charge in [0, 0.05) is 32.6 Å². The molecular weight excluding hydrogens is 370 g/mol. The van der Waals surface area contributed by atoms with Crippen molar-refractivity contribution >= 4 is 11.9 Å². The first-order valence-electron chi connectivity index (χ1n) is 9.84. The van der Waals surface area contributed by atoms with Gasteiger partial charge in [-0.25, -0.2) is 4.99 Å². The number of carbonyl (C=O) groups excluding carboxylic acids is 1. The van der Waals surface area contributed by atoms with E-state index in [4.69, 9.17) is 4.74 Å². The molecule has 1 aliphatic heterocycles. The Morgan fingerprint density at radius 1 is 1.34 bits per heavy atom. The number of carbonyl (C=O) groups is 1. The van der Waals surface area contributed by atoms with Crippen LogP contribution in [0.25, 0.3) is 0 Å². The molecule has 1 aromatic heterocycles. The van der Waals surface area contributed by atoms with E-state index in [1.807, 2.05) is 30.7 Å². The Morgan fingerprint density at radius 2 is 2.14 bits per heavy atom. The summed E-state index contributed by atoms with van der Waals surface area (Å²) in [5.41, 5.74) is 1.21. The van der Waals surface area contributed by atoms with E-state index in [1.165, 1.54) is 5.56 Å². The Kier molecular flexibility index (Phi) is 7.04. The van der Waals surface area contributed by atoms with Gasteiger partial charge >= 0.3 is 0 Å². The van der Waals surface area contributed by atoms with Crippen molar-refractivity contribution in [3.8, 4) is 5.75 Å². The molecule has 9 heteroatoms. The molecule has 3 rings (SSSR count). The van der Waals surface area contributed by atoms with Gasteiger partial charge in [-0.05, 0) is 37.5 Å². The summed E-state index contributed by atoms with van der Waals surface area (Å²) in [6.07, 6.45) is 2.17. The Morgan fingerprint density at radius 3 is 2.76 bits per heavy atom. The number of rotatable bonds is 7. The third-order valence-corrected chi connectivity index (χ3v) is 5.03. The lowest BCUT2D eigenvalue weighted by Gasteiger charge is -2.25. The van der Waals surface area contributed by atoms with E-state index >= 15 is 0 Å². The number of guanidine groups is 1. The molecule has 1 atom stereocenters. The minimum atomic E-state index is 0.101. The number of nitrogens with one attached hydrogen (secondary N) is 3. The van der Waals surface area contributed by atoms with E-state index in [-0.39, 0.29) is 11.9 Å². The van der Waals surface area contributed by atoms with Crippen LogP contribution in [0.15, 0.2) is 29.3 Å². The fraction of sp³-hybridized carbons (Fsp3) is 0.500. The second-order valence-electron chi connectivity index (χ2n) is 7.10. The van der Waals surface area contributed by atoms with Crippen LogP contribution in [0.1, 0.15) is 30.1 Å². The molecule has 1 fully saturated rings. The van der Waals surface area contributed by atoms with Crippen LogP contribution < -0.4 is 20.7 Å². The molecule has 0 aliphatic carbocycles. The van der Waals surface area contributed by atoms with Crippen LogP contribution in [0.5, 0.6) is 5.75 Å². The van der Waals surface area contributed by atoms with Crippen LogP contribution >= 0.6 is 0 Å². The number of hydrogen-bond donors (Lipinski definition) is 3. The SMILES string of the molecule is COc1ccc(CCNC(=NCc2nnc(C)n2C)NC2CCC(=O)NC2)cc1. The van der Waals surface area contributed by atoms with Crippen LogP contribution in [0.3, 0.4) is 0 Å². The molecule has 0 bridgehead atoms. The number of ether oxygens (including phenoxy) is 1. The van der Waals surface area contributed by atoms with Crippen molar-refractivity contribution in [1.29, 1.82) is 0 Å². The summed E-state index contributed by atoms with van der Waals surface area (Å²) in [7, 11) is 3.60. The molecule has 29 heavy (non-hydrogen) atoms. The predicted molar refractivity (Wildman–Crippen MR) is 111 cm³/mol. The first kappa shape index (κ1) is 20.6. The lowest BCUT2D eigenvalue weighted by atomic mass is 10.1. The Balaban J connectivity index is 1.60. The first-order chi connectivity index (χ1) is 14.0. The molecule has 1 amide bonds. The largest absolute Gasteiger partial charge is 0.497 e. The van der Waals surface area contributed by atoms with E-state index in [9.17, 15) is 4.79 Å². The quantitative estimate of drug-likeness (QED) is 0.467. The predicted octanol–water partition coefficient (Wildman–Crippen LogP) is 0.689. The van der Waals surface area contributed by atoms with Gasteiger partial charge in [0.15, 0.2) is 11.8 Å². The van der Waals surface area contributed by atoms with E-state index in [1.54, 1.807) is 7.11 Å². The second kappa shape index (κ2) is 9.90. The third-order valence-electron chi connectivity index (χ3n) is 5.03. The molecule has 3 N–H and O–H groups in total. The maximum atomic E-state index is 11.4. The van der Waals surface area contributed by atoms with Crippen LogP contribution in [-0.4, -0.2) is 52.9 Å². The number of aromatic nitrogens is 3. The zero-order chi connectivity index (χ0) is 20.6. The molecule has 9 nitrogen and oxygen atoms in total. The van der Waals surface area contributed by atoms with Crippen molar-refractivity contribution in [2.24, 2.45) is 12.0 Å². The zero-order valence-corrected chi connectivity index (χ0v) is 17.2. The summed E-state index contributed by atoms with van der Waals surface area (Å²) >= 11 is 0. The second-order valence-corrected chi connectivity index (χ2v) is 7.10. The number of methoxy groups -OCH3 is 1. The molecule has 0 spiro atoms. The minimum Gasteiger partial charge on any atom is -0.497 e. The number of aryl methyl sites for hydroxylation is 1. The van der Waals surface area contributed by atoms with E-state index in [2.05, 4.69) is 43.3 Å². The molecule has 2 heterocycles. The Hall–Kier alpha value is -3.10. The lowest BCUT2D eigenvalue weighted by Crippen LogP contribution is -2.51. The fourth-order valence-electron chi connectivity index (χ4n) is 3.06. The maximum absolute atomic E-state index is 11.4. The minimum absolute atomic E-state index is 0.101. The van der Waals surface area contributed by atoms with Gasteiger partial charge < -0.3 is 25.3 Å². The normalized spacial score (nSPS) is 17.0. The molecule has 1 unspecified atom stereocenters. The summed E-state index contributed by atoms with van der Waals surface area (Å²) in [6, 6.07) is 8.20. The van der Waals surface area contributed by atoms with Gasteiger partial charge in [0.1, 0.15) is 18.1 Å². The third kappa shape index (κ3) is 5.94. The van der Waals surface area contributed by atoms with Crippen LogP contribution in [0.2, 0.25) is 0 Å². The van der Waals surface area contributed by atoms with Crippen molar-refractivity contribution in [2.45, 2.75) is 38.8 Å². The lowest BCUT2D eigenvalue weighted by molar-refractivity contribution is -0.122. The van der Waals surface area contributed by atoms with Crippen molar-refractivity contribution in [2.75, 3.05) is 20.2 Å². The van der Waals surface area contributed by atoms with E-state index in [0.717, 1.165) is 36.8 Å². The summed E-state index contributed by atoms with van der Waals surface area (Å²) < 4.78 is 7.13. The van der Waals surface area contributed by atoms with Gasteiger partial charge in [-0.1, -0.05) is 12.1 Å². The average Bonchev–Trinajstić information content (AvgIpc) is 3.06. The Labute approximate surface area is 171 Å². The standard InChI is InChI=1S/C20H29N7O2/c1-14-25-26-18(27(14)2)13-23-20(24-16-6-9-19(28)22-12-16)21-11-10-15-4-7-17(29-3)8-5-15/h4-5,7-8,16H,6,9-13H2,1-3H3,(H,22,28)(H2,21,23,24). The van der Waals surface area contributed by atoms with Gasteiger partial charge in [-0.3, -0.25) is 4.79 Å². The molecule has 0 radical (unpaired) electrons. The highest BCUT2D eigenvalue weighted by Gasteiger charge is 2.19. The highest BCUT2D eigenvalue weighted by atomic mass is 16.5. The van der Waals surface area contributed by atoms with Crippen molar-refractivity contribution < 1.29 is 9.53 Å². The number of amides is 1. The Bertz CT molecular complexity index is 835. The van der Waals surface area contributed by atoms with E-state index < -0.39 is 0 Å². The molecule has 156 valence electrons. The fourth-order valence-corrected chi connectivity index (χ4v) is 3.06. The van der Waals surface area contributed by atoms with Gasteiger partial charge in [0.05, 0.1) is 7.11 Å². The first-order valence-corrected chi connectivity index (χ1v) is 9.84. The molecule has 1 aromatic carbocycles. The molecule has 2 aromatic rings. The summed E-state index contributed by atoms with van der Waals surface area (Å²) in [5.74, 6) is 3.32. The highest BCUT2D eigenvalue weighted by molar-refractivity contribution is 5.81. The number of piperidine rings is 1. The van der Waals surface area contributed by atoms with Crippen molar-refractivity contribution in [3.05, 3.63) is 41.5 Å². The van der Waals surface area contributed by atoms with Gasteiger partial charge in [-0.15, -0.1) is 10.2 Å². The average molecular weight is 399 g/mol. The van der Waals surface area contributed by atoms with Crippen LogP contribution in [-0.2, 0) is 24.8 Å². The van der Waals surface area contributed by atoms with Gasteiger partial charge in [0.25, 0.3) is 0 Å². The number of benzene rings is 1. The monoisotopic (exact) mass is 399 g/mol. The number of nitrogens with zero attached hydrogens (tertiary/aromatic N) is 4. The molecule has 0 saturated carbocycles. The molecular formula is C20H29N7O2. The summed E-state index contributed by atoms with van der Waals surface area (Å²) in [4.78, 5) is 16.1. The van der Waals surface area contributed by atoms with Crippen molar-refractivity contribution in [1.82, 2.24) is 30.7 Å². The van der Waals surface area contributed by atoms with E-state index in [0.29, 0.717) is 25.5 Å². The van der Waals surface area contributed by atoms with Gasteiger partial charge in [0.2, 0.25) is 5.91 Å². The summed E-state index contributed by atoms with van der Waals surface area (Å²) in [5, 5.41) is 18.0. The van der Waals surface area contributed by atoms with Gasteiger partial charge in [-0.2, -0.15) is 0 Å². The topological polar surface area (TPSA) is 105 Å².